The molecule has 0 unspecified atom stereocenters. The van der Waals surface area contributed by atoms with Crippen LogP contribution in [-0.2, 0) is 11.3 Å². The van der Waals surface area contributed by atoms with Crippen LogP contribution in [0.5, 0.6) is 0 Å². The maximum absolute atomic E-state index is 12.5. The molecule has 0 radical (unpaired) electrons. The van der Waals surface area contributed by atoms with E-state index in [0.29, 0.717) is 34.1 Å². The van der Waals surface area contributed by atoms with Gasteiger partial charge in [0.15, 0.2) is 12.4 Å². The number of aryl methyl sites for hydroxylation is 1. The molecule has 27 heavy (non-hydrogen) atoms. The van der Waals surface area contributed by atoms with Crippen LogP contribution >= 0.6 is 11.6 Å². The summed E-state index contributed by atoms with van der Waals surface area (Å²) in [7, 11) is 0. The molecule has 3 aromatic rings. The van der Waals surface area contributed by atoms with Crippen molar-refractivity contribution in [3.63, 3.8) is 0 Å². The molecule has 138 valence electrons. The Kier molecular flexibility index (Phi) is 5.72. The first-order chi connectivity index (χ1) is 13.0. The van der Waals surface area contributed by atoms with Crippen molar-refractivity contribution in [2.75, 3.05) is 6.61 Å². The number of aromatic nitrogens is 2. The van der Waals surface area contributed by atoms with E-state index in [9.17, 15) is 9.59 Å². The molecule has 0 aliphatic rings. The Morgan fingerprint density at radius 3 is 2.37 bits per heavy atom. The molecule has 0 amide bonds. The van der Waals surface area contributed by atoms with Gasteiger partial charge in [0.05, 0.1) is 17.9 Å². The minimum atomic E-state index is -0.549. The summed E-state index contributed by atoms with van der Waals surface area (Å²) in [5, 5.41) is 4.98. The van der Waals surface area contributed by atoms with Crippen molar-refractivity contribution in [2.24, 2.45) is 0 Å². The molecule has 2 aromatic carbocycles. The van der Waals surface area contributed by atoms with E-state index in [0.717, 1.165) is 5.56 Å². The summed E-state index contributed by atoms with van der Waals surface area (Å²) >= 11 is 5.81. The Morgan fingerprint density at radius 1 is 1.04 bits per heavy atom. The second-order valence-electron chi connectivity index (χ2n) is 6.20. The van der Waals surface area contributed by atoms with Crippen molar-refractivity contribution in [2.45, 2.75) is 20.4 Å². The van der Waals surface area contributed by atoms with Crippen molar-refractivity contribution in [3.8, 4) is 0 Å². The highest BCUT2D eigenvalue weighted by Crippen LogP contribution is 2.17. The van der Waals surface area contributed by atoms with E-state index >= 15 is 0 Å². The maximum Gasteiger partial charge on any atom is 0.342 e. The van der Waals surface area contributed by atoms with E-state index in [1.54, 1.807) is 35.9 Å². The Bertz CT molecular complexity index is 963. The summed E-state index contributed by atoms with van der Waals surface area (Å²) in [4.78, 5) is 24.7. The van der Waals surface area contributed by atoms with Crippen LogP contribution in [0.25, 0.3) is 0 Å². The van der Waals surface area contributed by atoms with Gasteiger partial charge in [0, 0.05) is 10.6 Å². The second-order valence-corrected chi connectivity index (χ2v) is 6.63. The molecule has 1 heterocycles. The van der Waals surface area contributed by atoms with Crippen LogP contribution in [0, 0.1) is 13.8 Å². The summed E-state index contributed by atoms with van der Waals surface area (Å²) < 4.78 is 6.99. The number of rotatable bonds is 6. The molecule has 0 N–H and O–H groups in total. The molecule has 0 fully saturated rings. The van der Waals surface area contributed by atoms with Crippen LogP contribution in [0.15, 0.2) is 54.6 Å². The highest BCUT2D eigenvalue weighted by molar-refractivity contribution is 6.30. The third kappa shape index (κ3) is 4.44. The number of esters is 1. The third-order valence-corrected chi connectivity index (χ3v) is 4.51. The second kappa shape index (κ2) is 8.18. The van der Waals surface area contributed by atoms with E-state index in [1.807, 2.05) is 37.3 Å². The van der Waals surface area contributed by atoms with Crippen LogP contribution in [-0.4, -0.2) is 28.1 Å². The van der Waals surface area contributed by atoms with Gasteiger partial charge in [-0.2, -0.15) is 5.10 Å². The number of benzene rings is 2. The SMILES string of the molecule is Cc1nn(Cc2ccccc2)c(C)c1C(=O)OCC(=O)c1ccc(Cl)cc1. The molecule has 0 bridgehead atoms. The number of ether oxygens (including phenoxy) is 1. The third-order valence-electron chi connectivity index (χ3n) is 4.26. The molecule has 0 spiro atoms. The number of carbonyl (C=O) groups is 2. The maximum atomic E-state index is 12.5. The standard InChI is InChI=1S/C21H19ClN2O3/c1-14-20(15(2)24(23-14)12-16-6-4-3-5-7-16)21(26)27-13-19(25)17-8-10-18(22)11-9-17/h3-11H,12-13H2,1-2H3. The van der Waals surface area contributed by atoms with E-state index in [2.05, 4.69) is 5.10 Å². The van der Waals surface area contributed by atoms with Gasteiger partial charge < -0.3 is 4.74 Å². The average Bonchev–Trinajstić information content (AvgIpc) is 2.94. The van der Waals surface area contributed by atoms with E-state index in [-0.39, 0.29) is 12.4 Å². The number of Topliss-reactive ketones (excluding diaryl/α,β-unsaturated/α-hetero) is 1. The molecule has 0 aliphatic heterocycles. The van der Waals surface area contributed by atoms with Crippen LogP contribution in [0.2, 0.25) is 5.02 Å². The lowest BCUT2D eigenvalue weighted by Gasteiger charge is -2.07. The molecule has 0 aliphatic carbocycles. The van der Waals surface area contributed by atoms with Crippen molar-refractivity contribution in [1.82, 2.24) is 9.78 Å². The molecule has 6 heteroatoms. The number of ketones is 1. The van der Waals surface area contributed by atoms with Crippen LogP contribution in [0.4, 0.5) is 0 Å². The first-order valence-electron chi connectivity index (χ1n) is 8.49. The monoisotopic (exact) mass is 382 g/mol. The van der Waals surface area contributed by atoms with Crippen LogP contribution in [0.3, 0.4) is 0 Å². The minimum absolute atomic E-state index is 0.285. The van der Waals surface area contributed by atoms with Gasteiger partial charge in [-0.15, -0.1) is 0 Å². The van der Waals surface area contributed by atoms with Crippen molar-refractivity contribution >= 4 is 23.4 Å². The van der Waals surface area contributed by atoms with E-state index in [4.69, 9.17) is 16.3 Å². The van der Waals surface area contributed by atoms with Crippen molar-refractivity contribution < 1.29 is 14.3 Å². The lowest BCUT2D eigenvalue weighted by atomic mass is 10.1. The number of nitrogens with zero attached hydrogens (tertiary/aromatic N) is 2. The number of hydrogen-bond acceptors (Lipinski definition) is 4. The summed E-state index contributed by atoms with van der Waals surface area (Å²) in [6.45, 7) is 3.81. The molecule has 0 atom stereocenters. The molecule has 0 saturated carbocycles. The van der Waals surface area contributed by atoms with Crippen LogP contribution in [0.1, 0.15) is 37.7 Å². The topological polar surface area (TPSA) is 61.2 Å². The van der Waals surface area contributed by atoms with Gasteiger partial charge in [-0.1, -0.05) is 41.9 Å². The Hall–Kier alpha value is -2.92. The largest absolute Gasteiger partial charge is 0.454 e. The smallest absolute Gasteiger partial charge is 0.342 e. The normalized spacial score (nSPS) is 10.6. The molecule has 0 saturated heterocycles. The molecule has 3 rings (SSSR count). The Morgan fingerprint density at radius 2 is 1.70 bits per heavy atom. The van der Waals surface area contributed by atoms with Crippen molar-refractivity contribution in [1.29, 1.82) is 0 Å². The zero-order valence-electron chi connectivity index (χ0n) is 15.1. The molecular weight excluding hydrogens is 364 g/mol. The van der Waals surface area contributed by atoms with Gasteiger partial charge in [-0.05, 0) is 43.7 Å². The van der Waals surface area contributed by atoms with Gasteiger partial charge >= 0.3 is 5.97 Å². The van der Waals surface area contributed by atoms with Crippen LogP contribution < -0.4 is 0 Å². The number of halogens is 1. The zero-order valence-corrected chi connectivity index (χ0v) is 15.9. The first kappa shape index (κ1) is 18.9. The molecule has 1 aromatic heterocycles. The highest BCUT2D eigenvalue weighted by Gasteiger charge is 2.21. The fourth-order valence-electron chi connectivity index (χ4n) is 2.83. The zero-order chi connectivity index (χ0) is 19.4. The summed E-state index contributed by atoms with van der Waals surface area (Å²) in [5.74, 6) is -0.835. The lowest BCUT2D eigenvalue weighted by Crippen LogP contribution is -2.15. The van der Waals surface area contributed by atoms with E-state index in [1.165, 1.54) is 0 Å². The van der Waals surface area contributed by atoms with Gasteiger partial charge in [0.25, 0.3) is 0 Å². The lowest BCUT2D eigenvalue weighted by molar-refractivity contribution is 0.0473. The predicted octanol–water partition coefficient (Wildman–Crippen LogP) is 4.24. The number of hydrogen-bond donors (Lipinski definition) is 0. The minimum Gasteiger partial charge on any atom is -0.454 e. The molecule has 5 nitrogen and oxygen atoms in total. The fourth-order valence-corrected chi connectivity index (χ4v) is 2.95. The Balaban J connectivity index is 1.69. The Labute approximate surface area is 162 Å². The average molecular weight is 383 g/mol. The predicted molar refractivity (Wildman–Crippen MR) is 103 cm³/mol. The summed E-state index contributed by atoms with van der Waals surface area (Å²) in [6, 6.07) is 16.3. The molecular formula is C21H19ClN2O3. The van der Waals surface area contributed by atoms with Gasteiger partial charge in [0.1, 0.15) is 5.56 Å². The van der Waals surface area contributed by atoms with Crippen molar-refractivity contribution in [3.05, 3.63) is 87.7 Å². The summed E-state index contributed by atoms with van der Waals surface area (Å²) in [5.41, 5.74) is 3.21. The highest BCUT2D eigenvalue weighted by atomic mass is 35.5. The summed E-state index contributed by atoms with van der Waals surface area (Å²) in [6.07, 6.45) is 0. The fraction of sp³-hybridized carbons (Fsp3) is 0.190. The first-order valence-corrected chi connectivity index (χ1v) is 8.87. The van der Waals surface area contributed by atoms with Gasteiger partial charge in [-0.3, -0.25) is 9.48 Å². The van der Waals surface area contributed by atoms with Gasteiger partial charge in [0.2, 0.25) is 0 Å². The number of carbonyl (C=O) groups excluding carboxylic acids is 2. The quantitative estimate of drug-likeness (QED) is 0.472. The van der Waals surface area contributed by atoms with Gasteiger partial charge in [-0.25, -0.2) is 4.79 Å². The van der Waals surface area contributed by atoms with E-state index < -0.39 is 5.97 Å².